The number of halogens is 1. The average molecular weight is 571 g/mol. The van der Waals surface area contributed by atoms with Gasteiger partial charge in [0, 0.05) is 29.0 Å². The number of rotatable bonds is 10. The number of aliphatic hydroxyl groups is 1. The van der Waals surface area contributed by atoms with E-state index in [9.17, 15) is 19.1 Å². The van der Waals surface area contributed by atoms with Gasteiger partial charge in [-0.3, -0.25) is 4.79 Å². The first-order chi connectivity index (χ1) is 19.0. The van der Waals surface area contributed by atoms with Crippen molar-refractivity contribution >= 4 is 50.7 Å². The third-order valence-electron chi connectivity index (χ3n) is 7.84. The van der Waals surface area contributed by atoms with Crippen molar-refractivity contribution < 1.29 is 23.8 Å². The number of alkyl carbamates (subject to hydrolysis) is 1. The van der Waals surface area contributed by atoms with Crippen LogP contribution in [-0.2, 0) is 4.74 Å². The van der Waals surface area contributed by atoms with Gasteiger partial charge < -0.3 is 31.1 Å². The minimum absolute atomic E-state index is 0.267. The molecule has 2 aromatic heterocycles. The SMILES string of the molecule is CCOC(=O)NC12CCC(Nc3cc(Nc4ccc5ncsc5c4)ncc3C(=O)NC[C@@H](F)C(C)(C)O)(CC1)C2. The fraction of sp³-hybridized carbons (Fsp3) is 0.500. The van der Waals surface area contributed by atoms with Crippen molar-refractivity contribution in [1.82, 2.24) is 20.6 Å². The molecule has 0 spiro atoms. The van der Waals surface area contributed by atoms with Crippen LogP contribution in [0.5, 0.6) is 0 Å². The summed E-state index contributed by atoms with van der Waals surface area (Å²) in [5, 5.41) is 22.5. The van der Waals surface area contributed by atoms with E-state index in [2.05, 4.69) is 31.2 Å². The third kappa shape index (κ3) is 5.97. The van der Waals surface area contributed by atoms with Crippen LogP contribution < -0.4 is 21.3 Å². The van der Waals surface area contributed by atoms with E-state index in [1.807, 2.05) is 18.2 Å². The van der Waals surface area contributed by atoms with Gasteiger partial charge in [0.2, 0.25) is 0 Å². The van der Waals surface area contributed by atoms with Gasteiger partial charge in [-0.1, -0.05) is 0 Å². The molecule has 5 rings (SSSR count). The van der Waals surface area contributed by atoms with Crippen molar-refractivity contribution in [2.24, 2.45) is 0 Å². The summed E-state index contributed by atoms with van der Waals surface area (Å²) in [6.45, 7) is 4.46. The predicted molar refractivity (Wildman–Crippen MR) is 153 cm³/mol. The fourth-order valence-electron chi connectivity index (χ4n) is 5.63. The highest BCUT2D eigenvalue weighted by Gasteiger charge is 2.55. The number of benzene rings is 1. The standard InChI is InChI=1S/C28H35FN6O4S/c1-4-39-25(37)35-28-9-7-27(15-28,8-10-28)34-20-12-23(33-17-5-6-19-21(11-17)40-16-32-19)30-13-18(20)24(36)31-14-22(29)26(2,3)38/h5-6,11-13,16,22,38H,4,7-10,14-15H2,1-3H3,(H,31,36)(H,35,37)(H2,30,33,34)/t22-,27?,28?/m1/s1. The summed E-state index contributed by atoms with van der Waals surface area (Å²) < 4.78 is 20.5. The van der Waals surface area contributed by atoms with E-state index in [0.717, 1.165) is 41.6 Å². The number of carbonyl (C=O) groups excluding carboxylic acids is 2. The van der Waals surface area contributed by atoms with Gasteiger partial charge in [0.05, 0.1) is 45.7 Å². The predicted octanol–water partition coefficient (Wildman–Crippen LogP) is 4.89. The molecular weight excluding hydrogens is 535 g/mol. The second-order valence-electron chi connectivity index (χ2n) is 11.3. The topological polar surface area (TPSA) is 138 Å². The molecule has 0 saturated heterocycles. The van der Waals surface area contributed by atoms with E-state index in [1.54, 1.807) is 29.8 Å². The van der Waals surface area contributed by atoms with Crippen LogP contribution in [-0.4, -0.2) is 63.1 Å². The molecule has 2 heterocycles. The van der Waals surface area contributed by atoms with Gasteiger partial charge in [0.25, 0.3) is 5.91 Å². The van der Waals surface area contributed by atoms with Crippen molar-refractivity contribution in [3.63, 3.8) is 0 Å². The molecule has 1 aromatic carbocycles. The molecule has 214 valence electrons. The van der Waals surface area contributed by atoms with Crippen molar-refractivity contribution in [2.75, 3.05) is 23.8 Å². The van der Waals surface area contributed by atoms with Gasteiger partial charge in [-0.25, -0.2) is 19.2 Å². The van der Waals surface area contributed by atoms with E-state index >= 15 is 0 Å². The molecule has 10 nitrogen and oxygen atoms in total. The van der Waals surface area contributed by atoms with Crippen LogP contribution in [0.1, 0.15) is 63.2 Å². The van der Waals surface area contributed by atoms with Crippen LogP contribution in [0, 0.1) is 0 Å². The Bertz CT molecular complexity index is 1400. The van der Waals surface area contributed by atoms with Crippen LogP contribution >= 0.6 is 11.3 Å². The van der Waals surface area contributed by atoms with E-state index in [-0.39, 0.29) is 23.2 Å². The first kappa shape index (κ1) is 28.0. The van der Waals surface area contributed by atoms with Crippen LogP contribution in [0.15, 0.2) is 36.0 Å². The molecule has 2 fully saturated rings. The van der Waals surface area contributed by atoms with Crippen LogP contribution in [0.2, 0.25) is 0 Å². The molecule has 0 radical (unpaired) electrons. The summed E-state index contributed by atoms with van der Waals surface area (Å²) in [7, 11) is 0. The quantitative estimate of drug-likeness (QED) is 0.232. The van der Waals surface area contributed by atoms with Gasteiger partial charge in [0.1, 0.15) is 12.0 Å². The van der Waals surface area contributed by atoms with Crippen molar-refractivity contribution in [1.29, 1.82) is 0 Å². The van der Waals surface area contributed by atoms with E-state index in [1.165, 1.54) is 20.0 Å². The first-order valence-corrected chi connectivity index (χ1v) is 14.4. The average Bonchev–Trinajstić information content (AvgIpc) is 3.60. The Hall–Kier alpha value is -3.51. The van der Waals surface area contributed by atoms with Gasteiger partial charge in [0.15, 0.2) is 0 Å². The minimum atomic E-state index is -1.64. The lowest BCUT2D eigenvalue weighted by Crippen LogP contribution is -2.45. The normalized spacial score (nSPS) is 22.6. The van der Waals surface area contributed by atoms with Gasteiger partial charge >= 0.3 is 6.09 Å². The summed E-state index contributed by atoms with van der Waals surface area (Å²) in [6.07, 6.45) is 3.30. The Morgan fingerprint density at radius 2 is 1.93 bits per heavy atom. The van der Waals surface area contributed by atoms with Crippen LogP contribution in [0.25, 0.3) is 10.2 Å². The molecule has 2 aliphatic rings. The maximum atomic E-state index is 14.4. The number of carbonyl (C=O) groups is 2. The van der Waals surface area contributed by atoms with E-state index in [0.29, 0.717) is 24.5 Å². The molecule has 0 unspecified atom stereocenters. The summed E-state index contributed by atoms with van der Waals surface area (Å²) in [4.78, 5) is 34.2. The molecule has 2 amide bonds. The number of nitrogens with zero attached hydrogens (tertiary/aromatic N) is 2. The third-order valence-corrected chi connectivity index (χ3v) is 8.64. The van der Waals surface area contributed by atoms with Gasteiger partial charge in [-0.2, -0.15) is 0 Å². The van der Waals surface area contributed by atoms with Crippen molar-refractivity contribution in [3.8, 4) is 0 Å². The Balaban J connectivity index is 1.39. The molecule has 5 N–H and O–H groups in total. The number of hydrogen-bond acceptors (Lipinski definition) is 9. The number of alkyl halides is 1. The smallest absolute Gasteiger partial charge is 0.407 e. The highest BCUT2D eigenvalue weighted by Crippen LogP contribution is 2.52. The number of fused-ring (bicyclic) bond motifs is 3. The van der Waals surface area contributed by atoms with E-state index in [4.69, 9.17) is 4.74 Å². The Morgan fingerprint density at radius 1 is 1.18 bits per heavy atom. The zero-order valence-corrected chi connectivity index (χ0v) is 23.7. The molecule has 2 saturated carbocycles. The molecule has 2 aliphatic carbocycles. The number of aromatic nitrogens is 2. The number of amides is 2. The second kappa shape index (κ2) is 10.8. The number of pyridine rings is 1. The largest absolute Gasteiger partial charge is 0.450 e. The Morgan fingerprint density at radius 3 is 2.65 bits per heavy atom. The fourth-order valence-corrected chi connectivity index (χ4v) is 6.35. The maximum Gasteiger partial charge on any atom is 0.407 e. The molecule has 40 heavy (non-hydrogen) atoms. The van der Waals surface area contributed by atoms with Gasteiger partial charge in [-0.05, 0) is 71.1 Å². The van der Waals surface area contributed by atoms with Crippen molar-refractivity contribution in [2.45, 2.75) is 75.7 Å². The summed E-state index contributed by atoms with van der Waals surface area (Å²) >= 11 is 1.54. The first-order valence-electron chi connectivity index (χ1n) is 13.5. The summed E-state index contributed by atoms with van der Waals surface area (Å²) in [5.41, 5.74) is 2.10. The number of nitrogens with one attached hydrogen (secondary N) is 4. The summed E-state index contributed by atoms with van der Waals surface area (Å²) in [5.74, 6) is 0.0360. The second-order valence-corrected chi connectivity index (χ2v) is 12.2. The number of anilines is 3. The highest BCUT2D eigenvalue weighted by atomic mass is 32.1. The lowest BCUT2D eigenvalue weighted by Gasteiger charge is -2.30. The molecule has 3 aromatic rings. The molecular formula is C28H35FN6O4S. The molecule has 0 aliphatic heterocycles. The zero-order valence-electron chi connectivity index (χ0n) is 22.8. The number of hydrogen-bond donors (Lipinski definition) is 5. The van der Waals surface area contributed by atoms with Crippen LogP contribution in [0.4, 0.5) is 26.4 Å². The maximum absolute atomic E-state index is 14.4. The van der Waals surface area contributed by atoms with Gasteiger partial charge in [-0.15, -0.1) is 11.3 Å². The molecule has 2 bridgehead atoms. The number of thiazole rings is 1. The lowest BCUT2D eigenvalue weighted by atomic mass is 9.91. The minimum Gasteiger partial charge on any atom is -0.450 e. The lowest BCUT2D eigenvalue weighted by molar-refractivity contribution is -0.00177. The Kier molecular flexibility index (Phi) is 7.58. The van der Waals surface area contributed by atoms with Crippen LogP contribution in [0.3, 0.4) is 0 Å². The van der Waals surface area contributed by atoms with Crippen molar-refractivity contribution in [3.05, 3.63) is 41.5 Å². The number of ether oxygens (including phenoxy) is 1. The highest BCUT2D eigenvalue weighted by molar-refractivity contribution is 7.16. The van der Waals surface area contributed by atoms with E-state index < -0.39 is 23.8 Å². The monoisotopic (exact) mass is 570 g/mol. The molecule has 1 atom stereocenters. The Labute approximate surface area is 236 Å². The molecule has 12 heteroatoms. The zero-order chi connectivity index (χ0) is 28.5. The summed E-state index contributed by atoms with van der Waals surface area (Å²) in [6, 6.07) is 7.61.